The molecule has 0 spiro atoms. The maximum absolute atomic E-state index is 13.4. The van der Waals surface area contributed by atoms with Gasteiger partial charge in [0.1, 0.15) is 31.3 Å². The molecule has 0 aromatic carbocycles. The first-order valence-electron chi connectivity index (χ1n) is 10.4. The molecular formula is C19H26FN7O8. The van der Waals surface area contributed by atoms with Gasteiger partial charge in [0.15, 0.2) is 11.2 Å². The predicted octanol–water partition coefficient (Wildman–Crippen LogP) is -2.51. The van der Waals surface area contributed by atoms with Crippen molar-refractivity contribution in [3.8, 4) is 0 Å². The summed E-state index contributed by atoms with van der Waals surface area (Å²) in [7, 11) is 0. The van der Waals surface area contributed by atoms with Crippen molar-refractivity contribution < 1.29 is 29.2 Å². The Bertz CT molecular complexity index is 1310. The number of H-pyrrole nitrogens is 2. The third kappa shape index (κ3) is 5.98. The second-order valence-electron chi connectivity index (χ2n) is 7.66. The van der Waals surface area contributed by atoms with Crippen LogP contribution in [0.3, 0.4) is 0 Å². The minimum atomic E-state index is -1.32. The molecule has 192 valence electrons. The third-order valence-electron chi connectivity index (χ3n) is 5.15. The molecule has 1 aliphatic heterocycles. The highest BCUT2D eigenvalue weighted by Gasteiger charge is 2.36. The summed E-state index contributed by atoms with van der Waals surface area (Å²) in [5.41, 5.74) is 4.66. The number of hydrogen-bond donors (Lipinski definition) is 6. The lowest BCUT2D eigenvalue weighted by Gasteiger charge is -2.14. The zero-order valence-corrected chi connectivity index (χ0v) is 18.6. The predicted molar refractivity (Wildman–Crippen MR) is 118 cm³/mol. The molecule has 0 saturated carbocycles. The molecule has 4 rings (SSSR count). The van der Waals surface area contributed by atoms with Crippen molar-refractivity contribution in [1.29, 1.82) is 0 Å². The number of ether oxygens (including phenoxy) is 2. The summed E-state index contributed by atoms with van der Waals surface area (Å²) in [6, 6.07) is 0. The number of aliphatic hydroxyl groups is 3. The van der Waals surface area contributed by atoms with Gasteiger partial charge < -0.3 is 30.5 Å². The van der Waals surface area contributed by atoms with E-state index in [1.807, 2.05) is 0 Å². The van der Waals surface area contributed by atoms with Crippen molar-refractivity contribution in [1.82, 2.24) is 29.1 Å². The quantitative estimate of drug-likeness (QED) is 0.199. The number of aliphatic hydroxyl groups excluding tert-OH is 3. The number of fused-ring (bicyclic) bond motifs is 1. The van der Waals surface area contributed by atoms with Gasteiger partial charge in [-0.05, 0) is 6.92 Å². The van der Waals surface area contributed by atoms with Gasteiger partial charge in [-0.2, -0.15) is 4.98 Å². The van der Waals surface area contributed by atoms with Crippen LogP contribution in [0.25, 0.3) is 11.2 Å². The number of nitrogens with zero attached hydrogens (tertiary/aromatic N) is 4. The Hall–Kier alpha value is -3.44. The van der Waals surface area contributed by atoms with E-state index in [-0.39, 0.29) is 43.5 Å². The number of anilines is 1. The van der Waals surface area contributed by atoms with Crippen LogP contribution in [0.4, 0.5) is 10.3 Å². The summed E-state index contributed by atoms with van der Waals surface area (Å²) in [4.78, 5) is 46.5. The summed E-state index contributed by atoms with van der Waals surface area (Å²) in [6.07, 6.45) is -1.03. The van der Waals surface area contributed by atoms with Gasteiger partial charge in [0, 0.05) is 18.2 Å². The minimum Gasteiger partial charge on any atom is -0.394 e. The summed E-state index contributed by atoms with van der Waals surface area (Å²) in [5, 5.41) is 26.6. The molecule has 0 amide bonds. The Morgan fingerprint density at radius 2 is 1.97 bits per heavy atom. The van der Waals surface area contributed by atoms with E-state index in [9.17, 15) is 18.8 Å². The van der Waals surface area contributed by atoms with Crippen molar-refractivity contribution in [3.05, 3.63) is 49.3 Å². The third-order valence-corrected chi connectivity index (χ3v) is 5.15. The lowest BCUT2D eigenvalue weighted by Crippen LogP contribution is -2.33. The van der Waals surface area contributed by atoms with Crippen LogP contribution in [-0.2, 0) is 16.2 Å². The molecular weight excluding hydrogens is 473 g/mol. The van der Waals surface area contributed by atoms with Crippen LogP contribution in [0.5, 0.6) is 0 Å². The van der Waals surface area contributed by atoms with Gasteiger partial charge in [0.05, 0.1) is 26.1 Å². The molecule has 0 aliphatic carbocycles. The highest BCUT2D eigenvalue weighted by molar-refractivity contribution is 5.70. The fraction of sp³-hybridized carbons (Fsp3) is 0.526. The van der Waals surface area contributed by atoms with E-state index >= 15 is 0 Å². The van der Waals surface area contributed by atoms with Crippen LogP contribution in [0.1, 0.15) is 18.2 Å². The molecule has 1 fully saturated rings. The Morgan fingerprint density at radius 1 is 1.26 bits per heavy atom. The Balaban J connectivity index is 0.000000196. The SMILES string of the molecule is Cc1cn([C@H]2C[C@H](F)[C@@H](CO)O2)c(=O)[nH]c1=O.Nc1nc2c(ncn2COC(CO)CO)c(=O)[nH]1. The summed E-state index contributed by atoms with van der Waals surface area (Å²) < 4.78 is 26.4. The van der Waals surface area contributed by atoms with E-state index in [1.165, 1.54) is 17.1 Å². The van der Waals surface area contributed by atoms with Crippen molar-refractivity contribution >= 4 is 17.1 Å². The first-order chi connectivity index (χ1) is 16.7. The minimum absolute atomic E-state index is 0.00181. The second-order valence-corrected chi connectivity index (χ2v) is 7.66. The van der Waals surface area contributed by atoms with Crippen molar-refractivity contribution in [2.45, 2.75) is 44.7 Å². The number of halogens is 1. The molecule has 0 unspecified atom stereocenters. The number of aromatic amines is 2. The number of nitrogens with two attached hydrogens (primary N) is 1. The smallest absolute Gasteiger partial charge is 0.330 e. The molecule has 3 atom stereocenters. The van der Waals surface area contributed by atoms with E-state index in [2.05, 4.69) is 19.9 Å². The molecule has 3 aromatic rings. The maximum Gasteiger partial charge on any atom is 0.330 e. The van der Waals surface area contributed by atoms with Gasteiger partial charge in [0.2, 0.25) is 5.95 Å². The number of imidazole rings is 1. The van der Waals surface area contributed by atoms with Gasteiger partial charge in [-0.25, -0.2) is 14.2 Å². The standard InChI is InChI=1S/C10H13FN2O4.C9H13N5O4/c1-5-3-13(10(16)12-9(5)15)8-2-6(11)7(4-14)17-8;10-9-12-7-6(8(17)13-9)11-3-14(7)4-18-5(1-15)2-16/h3,6-8,14H,2,4H2,1H3,(H,12,15,16);3,5,15-16H,1-2,4H2,(H3,10,12,13,17)/t6-,7+,8+;/m0./s1. The largest absolute Gasteiger partial charge is 0.394 e. The van der Waals surface area contributed by atoms with Gasteiger partial charge in [-0.1, -0.05) is 0 Å². The Morgan fingerprint density at radius 3 is 2.60 bits per heavy atom. The zero-order valence-electron chi connectivity index (χ0n) is 18.6. The average molecular weight is 499 g/mol. The number of nitrogens with one attached hydrogen (secondary N) is 2. The summed E-state index contributed by atoms with van der Waals surface area (Å²) in [5.74, 6) is -0.0184. The lowest BCUT2D eigenvalue weighted by molar-refractivity contribution is -0.0488. The van der Waals surface area contributed by atoms with E-state index in [4.69, 9.17) is 30.5 Å². The molecule has 35 heavy (non-hydrogen) atoms. The number of nitrogen functional groups attached to an aromatic ring is 1. The molecule has 1 aliphatic rings. The van der Waals surface area contributed by atoms with Crippen LogP contribution in [0.2, 0.25) is 0 Å². The lowest BCUT2D eigenvalue weighted by atomic mass is 10.2. The molecule has 3 aromatic heterocycles. The van der Waals surface area contributed by atoms with Gasteiger partial charge in [-0.3, -0.25) is 28.7 Å². The molecule has 15 nitrogen and oxygen atoms in total. The Labute approximate surface area is 195 Å². The molecule has 4 heterocycles. The van der Waals surface area contributed by atoms with Crippen molar-refractivity contribution in [2.24, 2.45) is 0 Å². The molecule has 0 bridgehead atoms. The topological polar surface area (TPSA) is 224 Å². The van der Waals surface area contributed by atoms with Crippen LogP contribution in [0.15, 0.2) is 26.9 Å². The highest BCUT2D eigenvalue weighted by Crippen LogP contribution is 2.29. The first kappa shape index (κ1) is 26.2. The summed E-state index contributed by atoms with van der Waals surface area (Å²) in [6.45, 7) is 0.492. The monoisotopic (exact) mass is 499 g/mol. The second kappa shape index (κ2) is 11.3. The molecule has 16 heteroatoms. The van der Waals surface area contributed by atoms with Gasteiger partial charge in [0.25, 0.3) is 11.1 Å². The van der Waals surface area contributed by atoms with E-state index in [0.29, 0.717) is 5.56 Å². The van der Waals surface area contributed by atoms with Crippen molar-refractivity contribution in [3.63, 3.8) is 0 Å². The van der Waals surface area contributed by atoms with Gasteiger partial charge in [-0.15, -0.1) is 0 Å². The van der Waals surface area contributed by atoms with E-state index < -0.39 is 48.0 Å². The van der Waals surface area contributed by atoms with Crippen molar-refractivity contribution in [2.75, 3.05) is 25.6 Å². The molecule has 7 N–H and O–H groups in total. The van der Waals surface area contributed by atoms with Crippen LogP contribution in [-0.4, -0.2) is 82.6 Å². The van der Waals surface area contributed by atoms with Crippen LogP contribution in [0, 0.1) is 6.92 Å². The van der Waals surface area contributed by atoms with Crippen LogP contribution < -0.4 is 22.5 Å². The molecule has 0 radical (unpaired) electrons. The number of aryl methyl sites for hydroxylation is 1. The highest BCUT2D eigenvalue weighted by atomic mass is 19.1. The first-order valence-corrected chi connectivity index (χ1v) is 10.4. The fourth-order valence-electron chi connectivity index (χ4n) is 3.24. The number of hydrogen-bond acceptors (Lipinski definition) is 11. The van der Waals surface area contributed by atoms with Gasteiger partial charge >= 0.3 is 5.69 Å². The normalized spacial score (nSPS) is 19.8. The number of alkyl halides is 1. The van der Waals surface area contributed by atoms with E-state index in [1.54, 1.807) is 6.92 Å². The van der Waals surface area contributed by atoms with E-state index in [0.717, 1.165) is 4.57 Å². The average Bonchev–Trinajstić information content (AvgIpc) is 3.40. The molecule has 1 saturated heterocycles. The number of aromatic nitrogens is 6. The number of rotatable bonds is 7. The maximum atomic E-state index is 13.4. The van der Waals surface area contributed by atoms with Crippen LogP contribution >= 0.6 is 0 Å². The Kier molecular flexibility index (Phi) is 8.47. The fourth-order valence-corrected chi connectivity index (χ4v) is 3.24. The summed E-state index contributed by atoms with van der Waals surface area (Å²) >= 11 is 0. The zero-order chi connectivity index (χ0) is 25.7.